The van der Waals surface area contributed by atoms with E-state index in [9.17, 15) is 14.7 Å². The van der Waals surface area contributed by atoms with Crippen LogP contribution in [0.1, 0.15) is 36.6 Å². The average molecular weight is 543 g/mol. The van der Waals surface area contributed by atoms with Crippen molar-refractivity contribution < 1.29 is 28.9 Å². The second-order valence-corrected chi connectivity index (χ2v) is 10.5. The van der Waals surface area contributed by atoms with Crippen molar-refractivity contribution in [1.29, 1.82) is 0 Å². The molecule has 2 aliphatic heterocycles. The summed E-state index contributed by atoms with van der Waals surface area (Å²) in [6, 6.07) is 17.0. The molecule has 3 heterocycles. The standard InChI is InChI=1S/C30H26N2O6S/c1-4-37-21-9-10-22-24(15-21)39-30(31-22)32-26(17-6-5-7-20(14-17)36-3)25(28(34)29(32)35)27(33)18-8-11-23-19(13-18)12-16(2)38-23/h5-11,13-16,26,33H,4,12H2,1-3H3/t16-,26+/m0/s1. The second kappa shape index (κ2) is 9.74. The predicted molar refractivity (Wildman–Crippen MR) is 149 cm³/mol. The highest BCUT2D eigenvalue weighted by Crippen LogP contribution is 2.45. The van der Waals surface area contributed by atoms with Gasteiger partial charge in [-0.05, 0) is 73.5 Å². The normalized spacial score (nSPS) is 19.8. The summed E-state index contributed by atoms with van der Waals surface area (Å²) in [5, 5.41) is 11.9. The van der Waals surface area contributed by atoms with E-state index in [1.165, 1.54) is 16.2 Å². The number of rotatable bonds is 6. The van der Waals surface area contributed by atoms with E-state index in [2.05, 4.69) is 4.98 Å². The Morgan fingerprint density at radius 3 is 2.77 bits per heavy atom. The lowest BCUT2D eigenvalue weighted by atomic mass is 9.94. The van der Waals surface area contributed by atoms with Crippen LogP contribution in [0.25, 0.3) is 16.0 Å². The van der Waals surface area contributed by atoms with Gasteiger partial charge in [0.15, 0.2) is 5.13 Å². The molecule has 2 aliphatic rings. The summed E-state index contributed by atoms with van der Waals surface area (Å²) in [6.07, 6.45) is 0.724. The molecule has 1 saturated heterocycles. The van der Waals surface area contributed by atoms with E-state index in [4.69, 9.17) is 14.2 Å². The quantitative estimate of drug-likeness (QED) is 0.191. The molecule has 0 unspecified atom stereocenters. The van der Waals surface area contributed by atoms with Crippen LogP contribution in [-0.2, 0) is 16.0 Å². The van der Waals surface area contributed by atoms with Gasteiger partial charge in [-0.15, -0.1) is 0 Å². The SMILES string of the molecule is CCOc1ccc2nc(N3C(=O)C(=O)C(=C(O)c4ccc5c(c4)C[C@H](C)O5)[C@H]3c3cccc(OC)c3)sc2c1. The van der Waals surface area contributed by atoms with Gasteiger partial charge in [0.2, 0.25) is 0 Å². The first-order valence-corrected chi connectivity index (χ1v) is 13.5. The molecule has 0 aliphatic carbocycles. The lowest BCUT2D eigenvalue weighted by molar-refractivity contribution is -0.132. The van der Waals surface area contributed by atoms with Gasteiger partial charge in [-0.2, -0.15) is 0 Å². The summed E-state index contributed by atoms with van der Waals surface area (Å²) in [4.78, 5) is 33.2. The number of aliphatic hydroxyl groups excluding tert-OH is 1. The molecule has 1 fully saturated rings. The van der Waals surface area contributed by atoms with Crippen LogP contribution < -0.4 is 19.1 Å². The molecule has 9 heteroatoms. The zero-order valence-corrected chi connectivity index (χ0v) is 22.5. The van der Waals surface area contributed by atoms with Gasteiger partial charge in [-0.3, -0.25) is 14.5 Å². The van der Waals surface area contributed by atoms with Crippen LogP contribution in [0, 0.1) is 0 Å². The Morgan fingerprint density at radius 1 is 1.13 bits per heavy atom. The molecule has 39 heavy (non-hydrogen) atoms. The Morgan fingerprint density at radius 2 is 1.97 bits per heavy atom. The zero-order valence-electron chi connectivity index (χ0n) is 21.6. The number of ketones is 1. The van der Waals surface area contributed by atoms with Gasteiger partial charge in [-0.1, -0.05) is 23.5 Å². The van der Waals surface area contributed by atoms with Crippen molar-refractivity contribution in [3.63, 3.8) is 0 Å². The highest BCUT2D eigenvalue weighted by Gasteiger charge is 2.48. The highest BCUT2D eigenvalue weighted by atomic mass is 32.1. The third kappa shape index (κ3) is 4.28. The fraction of sp³-hybridized carbons (Fsp3) is 0.233. The van der Waals surface area contributed by atoms with Crippen molar-refractivity contribution in [3.05, 3.63) is 82.9 Å². The number of hydrogen-bond acceptors (Lipinski definition) is 8. The molecule has 0 radical (unpaired) electrons. The molecule has 2 atom stereocenters. The number of fused-ring (bicyclic) bond motifs is 2. The number of Topliss-reactive ketones (excluding diaryl/α,β-unsaturated/α-hetero) is 1. The zero-order chi connectivity index (χ0) is 27.3. The van der Waals surface area contributed by atoms with Crippen LogP contribution in [0.4, 0.5) is 5.13 Å². The van der Waals surface area contributed by atoms with E-state index < -0.39 is 17.7 Å². The number of methoxy groups -OCH3 is 1. The predicted octanol–water partition coefficient (Wildman–Crippen LogP) is 5.65. The molecule has 1 N–H and O–H groups in total. The van der Waals surface area contributed by atoms with E-state index in [-0.39, 0.29) is 17.4 Å². The first-order chi connectivity index (χ1) is 18.9. The Labute approximate surface area is 229 Å². The van der Waals surface area contributed by atoms with E-state index in [0.29, 0.717) is 46.3 Å². The number of aliphatic hydroxyl groups is 1. The van der Waals surface area contributed by atoms with Crippen LogP contribution in [0.5, 0.6) is 17.2 Å². The van der Waals surface area contributed by atoms with Gasteiger partial charge in [0, 0.05) is 12.0 Å². The van der Waals surface area contributed by atoms with Crippen LogP contribution >= 0.6 is 11.3 Å². The summed E-state index contributed by atoms with van der Waals surface area (Å²) in [5.74, 6) is 0.232. The molecule has 6 rings (SSSR count). The minimum Gasteiger partial charge on any atom is -0.507 e. The first kappa shape index (κ1) is 24.9. The number of benzene rings is 3. The van der Waals surface area contributed by atoms with Crippen molar-refractivity contribution in [2.75, 3.05) is 18.6 Å². The Bertz CT molecular complexity index is 1660. The van der Waals surface area contributed by atoms with E-state index in [1.807, 2.05) is 38.1 Å². The van der Waals surface area contributed by atoms with E-state index in [0.717, 1.165) is 16.0 Å². The molecular formula is C30H26N2O6S. The molecule has 0 spiro atoms. The summed E-state index contributed by atoms with van der Waals surface area (Å²) >= 11 is 1.28. The molecule has 1 amide bonds. The van der Waals surface area contributed by atoms with Crippen LogP contribution in [0.15, 0.2) is 66.2 Å². The molecule has 0 bridgehead atoms. The molecule has 4 aromatic rings. The fourth-order valence-electron chi connectivity index (χ4n) is 5.13. The molecule has 8 nitrogen and oxygen atoms in total. The lowest BCUT2D eigenvalue weighted by Crippen LogP contribution is -2.29. The number of carbonyl (C=O) groups excluding carboxylic acids is 2. The van der Waals surface area contributed by atoms with E-state index >= 15 is 0 Å². The largest absolute Gasteiger partial charge is 0.507 e. The summed E-state index contributed by atoms with van der Waals surface area (Å²) < 4.78 is 17.7. The Hall–Kier alpha value is -4.37. The minimum absolute atomic E-state index is 0.00516. The molecule has 0 saturated carbocycles. The fourth-order valence-corrected chi connectivity index (χ4v) is 6.15. The van der Waals surface area contributed by atoms with Crippen molar-refractivity contribution in [1.82, 2.24) is 4.98 Å². The van der Waals surface area contributed by atoms with Gasteiger partial charge in [0.1, 0.15) is 29.1 Å². The second-order valence-electron chi connectivity index (χ2n) is 9.46. The summed E-state index contributed by atoms with van der Waals surface area (Å²) in [5.41, 5.74) is 2.67. The number of carbonyl (C=O) groups is 2. The lowest BCUT2D eigenvalue weighted by Gasteiger charge is -2.23. The van der Waals surface area contributed by atoms with Crippen LogP contribution in [0.3, 0.4) is 0 Å². The van der Waals surface area contributed by atoms with Crippen LogP contribution in [-0.4, -0.2) is 41.6 Å². The van der Waals surface area contributed by atoms with Gasteiger partial charge in [0.25, 0.3) is 5.78 Å². The number of hydrogen-bond donors (Lipinski definition) is 1. The van der Waals surface area contributed by atoms with Gasteiger partial charge in [-0.25, -0.2) is 4.98 Å². The van der Waals surface area contributed by atoms with Crippen molar-refractivity contribution in [2.24, 2.45) is 0 Å². The average Bonchev–Trinajstić information content (AvgIpc) is 3.60. The number of anilines is 1. The number of amides is 1. The third-order valence-electron chi connectivity index (χ3n) is 6.89. The Balaban J connectivity index is 1.52. The highest BCUT2D eigenvalue weighted by molar-refractivity contribution is 7.22. The molecule has 198 valence electrons. The Kier molecular flexibility index (Phi) is 6.23. The van der Waals surface area contributed by atoms with Gasteiger partial charge >= 0.3 is 5.91 Å². The maximum Gasteiger partial charge on any atom is 0.301 e. The number of ether oxygens (including phenoxy) is 3. The summed E-state index contributed by atoms with van der Waals surface area (Å²) in [7, 11) is 1.55. The van der Waals surface area contributed by atoms with E-state index in [1.54, 1.807) is 43.5 Å². The van der Waals surface area contributed by atoms with Gasteiger partial charge in [0.05, 0.1) is 35.5 Å². The minimum atomic E-state index is -0.907. The van der Waals surface area contributed by atoms with Crippen molar-refractivity contribution >= 4 is 44.1 Å². The molecular weight excluding hydrogens is 516 g/mol. The number of thiazole rings is 1. The number of nitrogens with zero attached hydrogens (tertiary/aromatic N) is 2. The topological polar surface area (TPSA) is 98.2 Å². The smallest absolute Gasteiger partial charge is 0.301 e. The monoisotopic (exact) mass is 542 g/mol. The van der Waals surface area contributed by atoms with Crippen molar-refractivity contribution in [3.8, 4) is 17.2 Å². The first-order valence-electron chi connectivity index (χ1n) is 12.7. The summed E-state index contributed by atoms with van der Waals surface area (Å²) in [6.45, 7) is 4.41. The maximum atomic E-state index is 13.6. The maximum absolute atomic E-state index is 13.6. The third-order valence-corrected chi connectivity index (χ3v) is 7.91. The van der Waals surface area contributed by atoms with Crippen LogP contribution in [0.2, 0.25) is 0 Å². The molecule has 3 aromatic carbocycles. The molecule has 1 aromatic heterocycles. The van der Waals surface area contributed by atoms with Gasteiger partial charge < -0.3 is 19.3 Å². The van der Waals surface area contributed by atoms with Crippen molar-refractivity contribution in [2.45, 2.75) is 32.4 Å². The number of aromatic nitrogens is 1.